The molecule has 4 heteroatoms. The molecule has 1 atom stereocenters. The van der Waals surface area contributed by atoms with Crippen LogP contribution in [0.2, 0.25) is 0 Å². The number of hydrogen-bond donors (Lipinski definition) is 1. The highest BCUT2D eigenvalue weighted by atomic mass is 16.5. The van der Waals surface area contributed by atoms with E-state index in [2.05, 4.69) is 17.2 Å². The van der Waals surface area contributed by atoms with Crippen LogP contribution in [0.3, 0.4) is 0 Å². The second-order valence-electron chi connectivity index (χ2n) is 4.67. The summed E-state index contributed by atoms with van der Waals surface area (Å²) in [6, 6.07) is 2.17. The Morgan fingerprint density at radius 2 is 2.42 bits per heavy atom. The van der Waals surface area contributed by atoms with Gasteiger partial charge in [0.15, 0.2) is 0 Å². The monoisotopic (exact) mass is 262 g/mol. The Kier molecular flexibility index (Phi) is 5.21. The van der Waals surface area contributed by atoms with E-state index in [-0.39, 0.29) is 6.04 Å². The maximum absolute atomic E-state index is 5.48. The highest BCUT2D eigenvalue weighted by Gasteiger charge is 2.21. The molecule has 4 nitrogen and oxygen atoms in total. The van der Waals surface area contributed by atoms with Gasteiger partial charge in [-0.1, -0.05) is 6.92 Å². The maximum Gasteiger partial charge on any atom is 0.142 e. The topological polar surface area (TPSA) is 43.4 Å². The van der Waals surface area contributed by atoms with Gasteiger partial charge in [0.2, 0.25) is 0 Å². The van der Waals surface area contributed by atoms with E-state index in [9.17, 15) is 0 Å². The summed E-state index contributed by atoms with van der Waals surface area (Å²) >= 11 is 0. The third-order valence-electron chi connectivity index (χ3n) is 3.28. The zero-order chi connectivity index (χ0) is 13.5. The molecule has 0 aromatic carbocycles. The van der Waals surface area contributed by atoms with Crippen molar-refractivity contribution in [2.45, 2.75) is 32.2 Å². The fourth-order valence-electron chi connectivity index (χ4n) is 2.33. The number of nitrogens with zero attached hydrogens (tertiary/aromatic N) is 1. The molecule has 1 aliphatic heterocycles. The Morgan fingerprint density at radius 1 is 1.53 bits per heavy atom. The van der Waals surface area contributed by atoms with Crippen molar-refractivity contribution < 1.29 is 9.47 Å². The van der Waals surface area contributed by atoms with Crippen molar-refractivity contribution in [1.29, 1.82) is 0 Å². The highest BCUT2D eigenvalue weighted by molar-refractivity contribution is 5.38. The third kappa shape index (κ3) is 3.47. The molecular weight excluding hydrogens is 240 g/mol. The summed E-state index contributed by atoms with van der Waals surface area (Å²) < 4.78 is 10.9. The van der Waals surface area contributed by atoms with E-state index >= 15 is 0 Å². The maximum atomic E-state index is 5.48. The van der Waals surface area contributed by atoms with Crippen LogP contribution >= 0.6 is 0 Å². The van der Waals surface area contributed by atoms with Gasteiger partial charge in [0.1, 0.15) is 5.75 Å². The Bertz CT molecular complexity index is 432. The Labute approximate surface area is 114 Å². The Morgan fingerprint density at radius 3 is 3.11 bits per heavy atom. The number of ether oxygens (including phenoxy) is 2. The second kappa shape index (κ2) is 7.14. The van der Waals surface area contributed by atoms with Crippen molar-refractivity contribution in [1.82, 2.24) is 10.3 Å². The normalized spacial score (nSPS) is 16.4. The van der Waals surface area contributed by atoms with Crippen LogP contribution in [-0.4, -0.2) is 25.2 Å². The van der Waals surface area contributed by atoms with Crippen LogP contribution in [0.25, 0.3) is 0 Å². The molecule has 0 bridgehead atoms. The van der Waals surface area contributed by atoms with Gasteiger partial charge in [-0.2, -0.15) is 0 Å². The molecule has 2 heterocycles. The molecule has 0 saturated carbocycles. The molecule has 104 valence electrons. The second-order valence-corrected chi connectivity index (χ2v) is 4.67. The van der Waals surface area contributed by atoms with Crippen molar-refractivity contribution in [2.75, 3.05) is 20.3 Å². The van der Waals surface area contributed by atoms with E-state index in [0.717, 1.165) is 43.7 Å². The van der Waals surface area contributed by atoms with E-state index in [1.165, 1.54) is 5.57 Å². The molecule has 1 aromatic heterocycles. The predicted octanol–water partition coefficient (Wildman–Crippen LogP) is 2.83. The summed E-state index contributed by atoms with van der Waals surface area (Å²) in [7, 11) is 1.68. The Balaban J connectivity index is 2.27. The minimum Gasteiger partial charge on any atom is -0.501 e. The molecule has 0 aliphatic carbocycles. The van der Waals surface area contributed by atoms with Crippen molar-refractivity contribution in [2.24, 2.45) is 0 Å². The highest BCUT2D eigenvalue weighted by Crippen LogP contribution is 2.32. The molecule has 1 aromatic rings. The number of pyridine rings is 1. The lowest BCUT2D eigenvalue weighted by Gasteiger charge is -2.25. The zero-order valence-corrected chi connectivity index (χ0v) is 11.7. The molecular formula is C15H22N2O2. The first-order chi connectivity index (χ1) is 9.36. The van der Waals surface area contributed by atoms with Gasteiger partial charge in [-0.25, -0.2) is 0 Å². The first-order valence-electron chi connectivity index (χ1n) is 6.88. The standard InChI is InChI=1S/C15H22N2O2/c1-3-7-17-15(12-5-4-9-19-11-12)13-6-8-16-10-14(13)18-2/h6,8,10-11,15,17H,3-5,7,9H2,1-2H3. The molecule has 0 spiro atoms. The fraction of sp³-hybridized carbons (Fsp3) is 0.533. The predicted molar refractivity (Wildman–Crippen MR) is 75.1 cm³/mol. The summed E-state index contributed by atoms with van der Waals surface area (Å²) in [6.07, 6.45) is 8.70. The summed E-state index contributed by atoms with van der Waals surface area (Å²) in [6.45, 7) is 3.95. The van der Waals surface area contributed by atoms with E-state index in [1.54, 1.807) is 13.3 Å². The molecule has 0 radical (unpaired) electrons. The van der Waals surface area contributed by atoms with Gasteiger partial charge in [0, 0.05) is 11.8 Å². The van der Waals surface area contributed by atoms with Gasteiger partial charge in [-0.05, 0) is 37.4 Å². The summed E-state index contributed by atoms with van der Waals surface area (Å²) in [5.74, 6) is 0.822. The first kappa shape index (κ1) is 13.9. The van der Waals surface area contributed by atoms with Crippen LogP contribution < -0.4 is 10.1 Å². The smallest absolute Gasteiger partial charge is 0.142 e. The van der Waals surface area contributed by atoms with Gasteiger partial charge < -0.3 is 14.8 Å². The lowest BCUT2D eigenvalue weighted by atomic mass is 9.95. The van der Waals surface area contributed by atoms with Crippen LogP contribution in [0.4, 0.5) is 0 Å². The van der Waals surface area contributed by atoms with Crippen LogP contribution in [0, 0.1) is 0 Å². The Hall–Kier alpha value is -1.55. The average molecular weight is 262 g/mol. The molecule has 1 aliphatic rings. The number of methoxy groups -OCH3 is 1. The van der Waals surface area contributed by atoms with Crippen LogP contribution in [0.15, 0.2) is 30.3 Å². The minimum absolute atomic E-state index is 0.151. The van der Waals surface area contributed by atoms with Gasteiger partial charge in [0.05, 0.1) is 32.2 Å². The van der Waals surface area contributed by atoms with E-state index in [0.29, 0.717) is 0 Å². The van der Waals surface area contributed by atoms with Gasteiger partial charge in [-0.15, -0.1) is 0 Å². The van der Waals surface area contributed by atoms with E-state index < -0.39 is 0 Å². The van der Waals surface area contributed by atoms with Crippen molar-refractivity contribution >= 4 is 0 Å². The molecule has 2 rings (SSSR count). The number of nitrogens with one attached hydrogen (secondary N) is 1. The van der Waals surface area contributed by atoms with Crippen molar-refractivity contribution in [3.05, 3.63) is 35.9 Å². The van der Waals surface area contributed by atoms with E-state index in [4.69, 9.17) is 9.47 Å². The number of rotatable bonds is 6. The molecule has 1 unspecified atom stereocenters. The lowest BCUT2D eigenvalue weighted by Crippen LogP contribution is -2.25. The van der Waals surface area contributed by atoms with Gasteiger partial charge in [-0.3, -0.25) is 4.98 Å². The van der Waals surface area contributed by atoms with Crippen molar-refractivity contribution in [3.8, 4) is 5.75 Å². The number of aromatic nitrogens is 1. The summed E-state index contributed by atoms with van der Waals surface area (Å²) in [5, 5.41) is 3.57. The SMILES string of the molecule is CCCNC(C1=COCCC1)c1ccncc1OC. The van der Waals surface area contributed by atoms with Gasteiger partial charge >= 0.3 is 0 Å². The zero-order valence-electron chi connectivity index (χ0n) is 11.7. The summed E-state index contributed by atoms with van der Waals surface area (Å²) in [4.78, 5) is 4.12. The quantitative estimate of drug-likeness (QED) is 0.856. The van der Waals surface area contributed by atoms with Crippen LogP contribution in [-0.2, 0) is 4.74 Å². The molecule has 19 heavy (non-hydrogen) atoms. The van der Waals surface area contributed by atoms with E-state index in [1.807, 2.05) is 18.5 Å². The van der Waals surface area contributed by atoms with Crippen LogP contribution in [0.5, 0.6) is 5.75 Å². The first-order valence-corrected chi connectivity index (χ1v) is 6.88. The minimum atomic E-state index is 0.151. The third-order valence-corrected chi connectivity index (χ3v) is 3.28. The fourth-order valence-corrected chi connectivity index (χ4v) is 2.33. The molecule has 1 N–H and O–H groups in total. The molecule has 0 fully saturated rings. The van der Waals surface area contributed by atoms with Crippen LogP contribution in [0.1, 0.15) is 37.8 Å². The molecule has 0 amide bonds. The lowest BCUT2D eigenvalue weighted by molar-refractivity contribution is 0.219. The average Bonchev–Trinajstić information content (AvgIpc) is 2.49. The summed E-state index contributed by atoms with van der Waals surface area (Å²) in [5.41, 5.74) is 2.41. The van der Waals surface area contributed by atoms with Crippen molar-refractivity contribution in [3.63, 3.8) is 0 Å². The van der Waals surface area contributed by atoms with Gasteiger partial charge in [0.25, 0.3) is 0 Å². The largest absolute Gasteiger partial charge is 0.501 e. The number of hydrogen-bond acceptors (Lipinski definition) is 4. The molecule has 0 saturated heterocycles.